The van der Waals surface area contributed by atoms with Crippen LogP contribution in [0.3, 0.4) is 0 Å². The zero-order valence-electron chi connectivity index (χ0n) is 6.81. The van der Waals surface area contributed by atoms with Gasteiger partial charge in [0.2, 0.25) is 0 Å². The molecule has 2 aliphatic carbocycles. The first kappa shape index (κ1) is 6.74. The van der Waals surface area contributed by atoms with Crippen molar-refractivity contribution in [2.75, 3.05) is 0 Å². The standard InChI is InChI=1S/C10H14Se/c1-7-2-10-4-8(3-9(1)10)6-11-5-7/h7-8H,1-6H2. The Morgan fingerprint density at radius 1 is 0.818 bits per heavy atom. The molecule has 60 valence electrons. The van der Waals surface area contributed by atoms with Crippen LogP contribution in [0.2, 0.25) is 10.6 Å². The summed E-state index contributed by atoms with van der Waals surface area (Å²) in [4.78, 5) is 0. The fourth-order valence-electron chi connectivity index (χ4n) is 2.92. The van der Waals surface area contributed by atoms with Crippen molar-refractivity contribution in [3.63, 3.8) is 0 Å². The summed E-state index contributed by atoms with van der Waals surface area (Å²) in [5, 5.41) is 3.19. The summed E-state index contributed by atoms with van der Waals surface area (Å²) in [5.74, 6) is 2.22. The van der Waals surface area contributed by atoms with Crippen LogP contribution in [0.25, 0.3) is 0 Å². The number of rotatable bonds is 0. The van der Waals surface area contributed by atoms with Gasteiger partial charge in [-0.3, -0.25) is 0 Å². The molecule has 1 heteroatoms. The molecule has 0 amide bonds. The quantitative estimate of drug-likeness (QED) is 0.428. The van der Waals surface area contributed by atoms with E-state index < -0.39 is 0 Å². The van der Waals surface area contributed by atoms with Crippen LogP contribution in [0.1, 0.15) is 25.7 Å². The topological polar surface area (TPSA) is 0 Å². The van der Waals surface area contributed by atoms with Gasteiger partial charge in [0.1, 0.15) is 0 Å². The summed E-state index contributed by atoms with van der Waals surface area (Å²) < 4.78 is 0. The molecule has 4 bridgehead atoms. The van der Waals surface area contributed by atoms with Gasteiger partial charge in [0, 0.05) is 0 Å². The Kier molecular flexibility index (Phi) is 1.45. The van der Waals surface area contributed by atoms with Gasteiger partial charge in [0.05, 0.1) is 0 Å². The zero-order valence-corrected chi connectivity index (χ0v) is 8.52. The number of hydrogen-bond acceptors (Lipinski definition) is 0. The van der Waals surface area contributed by atoms with Gasteiger partial charge in [0.15, 0.2) is 0 Å². The number of allylic oxidation sites excluding steroid dienone is 2. The average molecular weight is 213 g/mol. The van der Waals surface area contributed by atoms with E-state index in [1.165, 1.54) is 25.7 Å². The van der Waals surface area contributed by atoms with Crippen LogP contribution < -0.4 is 0 Å². The number of hydrogen-bond donors (Lipinski definition) is 0. The van der Waals surface area contributed by atoms with Gasteiger partial charge >= 0.3 is 74.3 Å². The number of fused-ring (bicyclic) bond motifs is 2. The Hall–Kier alpha value is 0.259. The van der Waals surface area contributed by atoms with Gasteiger partial charge in [-0.05, 0) is 0 Å². The molecule has 2 heterocycles. The van der Waals surface area contributed by atoms with Crippen molar-refractivity contribution in [3.8, 4) is 0 Å². The van der Waals surface area contributed by atoms with Crippen LogP contribution in [0.5, 0.6) is 0 Å². The second kappa shape index (κ2) is 2.37. The predicted molar refractivity (Wildman–Crippen MR) is 47.8 cm³/mol. The average Bonchev–Trinajstić information content (AvgIpc) is 2.33. The molecule has 4 aliphatic rings. The molecule has 2 aliphatic heterocycles. The third-order valence-corrected chi connectivity index (χ3v) is 6.31. The summed E-state index contributed by atoms with van der Waals surface area (Å²) in [5.41, 5.74) is 3.80. The fourth-order valence-corrected chi connectivity index (χ4v) is 5.59. The molecule has 0 aromatic rings. The molecule has 11 heavy (non-hydrogen) atoms. The van der Waals surface area contributed by atoms with Gasteiger partial charge in [-0.15, -0.1) is 0 Å². The molecule has 0 spiro atoms. The minimum atomic E-state index is 1.01. The molecule has 0 aromatic heterocycles. The van der Waals surface area contributed by atoms with E-state index in [0.29, 0.717) is 0 Å². The molecule has 0 N–H and O–H groups in total. The van der Waals surface area contributed by atoms with Crippen molar-refractivity contribution in [3.05, 3.63) is 11.1 Å². The Morgan fingerprint density at radius 3 is 1.73 bits per heavy atom. The van der Waals surface area contributed by atoms with Crippen molar-refractivity contribution in [1.82, 2.24) is 0 Å². The summed E-state index contributed by atoms with van der Waals surface area (Å²) in [7, 11) is 0. The van der Waals surface area contributed by atoms with Gasteiger partial charge in [-0.1, -0.05) is 0 Å². The van der Waals surface area contributed by atoms with Crippen LogP contribution in [0.4, 0.5) is 0 Å². The van der Waals surface area contributed by atoms with E-state index in [9.17, 15) is 0 Å². The van der Waals surface area contributed by atoms with E-state index in [4.69, 9.17) is 0 Å². The molecule has 0 saturated carbocycles. The van der Waals surface area contributed by atoms with Crippen molar-refractivity contribution in [1.29, 1.82) is 0 Å². The van der Waals surface area contributed by atoms with E-state index in [0.717, 1.165) is 26.8 Å². The Bertz CT molecular complexity index is 179. The maximum atomic E-state index is 1.90. The molecule has 0 unspecified atom stereocenters. The molecule has 0 atom stereocenters. The maximum absolute atomic E-state index is 1.90. The summed E-state index contributed by atoms with van der Waals surface area (Å²) in [6, 6.07) is 0. The molecule has 0 aromatic carbocycles. The molecule has 2 fully saturated rings. The molecule has 0 nitrogen and oxygen atoms in total. The molecular weight excluding hydrogens is 199 g/mol. The Balaban J connectivity index is 1.92. The van der Waals surface area contributed by atoms with Crippen LogP contribution in [-0.4, -0.2) is 15.0 Å². The van der Waals surface area contributed by atoms with Crippen LogP contribution in [-0.2, 0) is 0 Å². The van der Waals surface area contributed by atoms with Gasteiger partial charge < -0.3 is 0 Å². The minimum absolute atomic E-state index is 1.01. The molecule has 2 saturated heterocycles. The van der Waals surface area contributed by atoms with Gasteiger partial charge in [0.25, 0.3) is 0 Å². The van der Waals surface area contributed by atoms with Crippen molar-refractivity contribution >= 4 is 15.0 Å². The van der Waals surface area contributed by atoms with Crippen LogP contribution >= 0.6 is 0 Å². The molecule has 0 radical (unpaired) electrons. The first-order chi connectivity index (χ1) is 5.42. The summed E-state index contributed by atoms with van der Waals surface area (Å²) in [6.07, 6.45) is 6.03. The molecule has 4 rings (SSSR count). The first-order valence-electron chi connectivity index (χ1n) is 4.69. The van der Waals surface area contributed by atoms with E-state index in [1.807, 2.05) is 11.1 Å². The van der Waals surface area contributed by atoms with E-state index in [2.05, 4.69) is 0 Å². The Morgan fingerprint density at radius 2 is 1.27 bits per heavy atom. The normalized spacial score (nSPS) is 41.5. The van der Waals surface area contributed by atoms with Crippen molar-refractivity contribution < 1.29 is 0 Å². The summed E-state index contributed by atoms with van der Waals surface area (Å²) >= 11 is 1.01. The van der Waals surface area contributed by atoms with E-state index in [-0.39, 0.29) is 0 Å². The summed E-state index contributed by atoms with van der Waals surface area (Å²) in [6.45, 7) is 0. The van der Waals surface area contributed by atoms with Crippen LogP contribution in [0, 0.1) is 11.8 Å². The SMILES string of the molecule is C1[Se]CC2CC3=C(CC1C3)C2. The molecular formula is C10H14Se. The zero-order chi connectivity index (χ0) is 7.26. The first-order valence-corrected chi connectivity index (χ1v) is 7.11. The van der Waals surface area contributed by atoms with Crippen LogP contribution in [0.15, 0.2) is 11.1 Å². The van der Waals surface area contributed by atoms with E-state index >= 15 is 0 Å². The third kappa shape index (κ3) is 1.01. The van der Waals surface area contributed by atoms with Crippen molar-refractivity contribution in [2.24, 2.45) is 11.8 Å². The second-order valence-corrected chi connectivity index (χ2v) is 6.55. The third-order valence-electron chi connectivity index (χ3n) is 3.35. The van der Waals surface area contributed by atoms with E-state index in [1.54, 1.807) is 10.6 Å². The fraction of sp³-hybridized carbons (Fsp3) is 0.800. The Labute approximate surface area is 74.6 Å². The monoisotopic (exact) mass is 214 g/mol. The predicted octanol–water partition coefficient (Wildman–Crippen LogP) is 2.66. The van der Waals surface area contributed by atoms with Gasteiger partial charge in [-0.2, -0.15) is 0 Å². The second-order valence-electron chi connectivity index (χ2n) is 4.29. The van der Waals surface area contributed by atoms with Crippen molar-refractivity contribution in [2.45, 2.75) is 36.3 Å². The van der Waals surface area contributed by atoms with Gasteiger partial charge in [-0.25, -0.2) is 0 Å².